The smallest absolute Gasteiger partial charge is 0.316 e. The first-order chi connectivity index (χ1) is 7.88. The summed E-state index contributed by atoms with van der Waals surface area (Å²) in [6.07, 6.45) is -0.109. The summed E-state index contributed by atoms with van der Waals surface area (Å²) in [5, 5.41) is 3.29. The van der Waals surface area contributed by atoms with Gasteiger partial charge in [0, 0.05) is 19.1 Å². The lowest BCUT2D eigenvalue weighted by Gasteiger charge is -2.39. The molecule has 0 aromatic heterocycles. The van der Waals surface area contributed by atoms with Gasteiger partial charge in [-0.2, -0.15) is 13.2 Å². The van der Waals surface area contributed by atoms with Crippen LogP contribution >= 0.6 is 0 Å². The fourth-order valence-electron chi connectivity index (χ4n) is 2.73. The van der Waals surface area contributed by atoms with Crippen molar-refractivity contribution in [2.24, 2.45) is 5.41 Å². The molecule has 1 aliphatic heterocycles. The number of hydrogen-bond acceptors (Lipinski definition) is 2. The Hall–Kier alpha value is -0.290. The van der Waals surface area contributed by atoms with E-state index in [4.69, 9.17) is 0 Å². The van der Waals surface area contributed by atoms with Gasteiger partial charge in [-0.3, -0.25) is 4.90 Å². The molecule has 0 aromatic rings. The van der Waals surface area contributed by atoms with Crippen LogP contribution < -0.4 is 5.32 Å². The molecule has 0 aromatic carbocycles. The number of nitrogens with one attached hydrogen (secondary N) is 1. The lowest BCUT2D eigenvalue weighted by atomic mass is 9.82. The maximum absolute atomic E-state index is 12.5. The molecule has 1 saturated carbocycles. The van der Waals surface area contributed by atoms with Gasteiger partial charge in [-0.05, 0) is 37.6 Å². The third-order valence-electron chi connectivity index (χ3n) is 3.72. The van der Waals surface area contributed by atoms with E-state index in [0.717, 1.165) is 38.8 Å². The average molecular weight is 250 g/mol. The van der Waals surface area contributed by atoms with Crippen molar-refractivity contribution in [3.05, 3.63) is 0 Å². The third kappa shape index (κ3) is 4.14. The predicted octanol–water partition coefficient (Wildman–Crippen LogP) is 2.40. The zero-order chi connectivity index (χ0) is 12.5. The second-order valence-corrected chi connectivity index (χ2v) is 5.84. The van der Waals surface area contributed by atoms with E-state index in [1.807, 2.05) is 0 Å². The van der Waals surface area contributed by atoms with Gasteiger partial charge in [0.25, 0.3) is 0 Å². The molecule has 17 heavy (non-hydrogen) atoms. The second-order valence-electron chi connectivity index (χ2n) is 5.84. The fraction of sp³-hybridized carbons (Fsp3) is 1.00. The molecule has 0 bridgehead atoms. The van der Waals surface area contributed by atoms with Gasteiger partial charge in [-0.1, -0.05) is 6.92 Å². The molecule has 2 nitrogen and oxygen atoms in total. The number of piperidine rings is 1. The largest absolute Gasteiger partial charge is 0.401 e. The molecule has 1 aliphatic carbocycles. The van der Waals surface area contributed by atoms with Crippen molar-refractivity contribution < 1.29 is 13.2 Å². The number of rotatable bonds is 4. The summed E-state index contributed by atoms with van der Waals surface area (Å²) < 4.78 is 37.5. The average Bonchev–Trinajstić information content (AvgIpc) is 2.97. The molecule has 1 unspecified atom stereocenters. The van der Waals surface area contributed by atoms with E-state index >= 15 is 0 Å². The summed E-state index contributed by atoms with van der Waals surface area (Å²) in [7, 11) is 0. The van der Waals surface area contributed by atoms with Crippen LogP contribution in [0.25, 0.3) is 0 Å². The van der Waals surface area contributed by atoms with E-state index in [1.54, 1.807) is 4.90 Å². The Balaban J connectivity index is 1.92. The molecular formula is C12H21F3N2. The Labute approximate surface area is 101 Å². The van der Waals surface area contributed by atoms with E-state index in [9.17, 15) is 13.2 Å². The highest BCUT2D eigenvalue weighted by molar-refractivity contribution is 4.91. The van der Waals surface area contributed by atoms with Crippen LogP contribution in [0.5, 0.6) is 0 Å². The Morgan fingerprint density at radius 2 is 2.06 bits per heavy atom. The Morgan fingerprint density at radius 3 is 2.53 bits per heavy atom. The van der Waals surface area contributed by atoms with E-state index in [0.29, 0.717) is 6.54 Å². The topological polar surface area (TPSA) is 15.3 Å². The zero-order valence-corrected chi connectivity index (χ0v) is 10.3. The van der Waals surface area contributed by atoms with Gasteiger partial charge in [0.15, 0.2) is 0 Å². The molecule has 5 heteroatoms. The van der Waals surface area contributed by atoms with E-state index in [1.165, 1.54) is 0 Å². The van der Waals surface area contributed by atoms with E-state index < -0.39 is 12.7 Å². The van der Waals surface area contributed by atoms with Crippen LogP contribution in [0.3, 0.4) is 0 Å². The lowest BCUT2D eigenvalue weighted by Crippen LogP contribution is -2.48. The summed E-state index contributed by atoms with van der Waals surface area (Å²) in [4.78, 5) is 1.65. The molecule has 0 amide bonds. The van der Waals surface area contributed by atoms with E-state index in [-0.39, 0.29) is 11.5 Å². The molecular weight excluding hydrogens is 229 g/mol. The third-order valence-corrected chi connectivity index (χ3v) is 3.72. The minimum absolute atomic E-state index is 0.00604. The molecule has 2 aliphatic rings. The molecule has 2 rings (SSSR count). The van der Waals surface area contributed by atoms with Crippen molar-refractivity contribution in [2.75, 3.05) is 26.2 Å². The SMILES string of the molecule is CC1(CN(CC(F)(F)F)C2CC2)CCCNC1. The van der Waals surface area contributed by atoms with Gasteiger partial charge in [-0.15, -0.1) is 0 Å². The highest BCUT2D eigenvalue weighted by atomic mass is 19.4. The predicted molar refractivity (Wildman–Crippen MR) is 60.9 cm³/mol. The van der Waals surface area contributed by atoms with Gasteiger partial charge in [0.05, 0.1) is 6.54 Å². The summed E-state index contributed by atoms with van der Waals surface area (Å²) in [6.45, 7) is 3.77. The minimum atomic E-state index is -4.07. The summed E-state index contributed by atoms with van der Waals surface area (Å²) in [5.41, 5.74) is 0.00604. The normalized spacial score (nSPS) is 30.9. The van der Waals surface area contributed by atoms with Crippen LogP contribution in [0.1, 0.15) is 32.6 Å². The van der Waals surface area contributed by atoms with Crippen molar-refractivity contribution in [3.63, 3.8) is 0 Å². The van der Waals surface area contributed by atoms with Crippen LogP contribution in [-0.4, -0.2) is 43.3 Å². The zero-order valence-electron chi connectivity index (χ0n) is 10.3. The van der Waals surface area contributed by atoms with Crippen molar-refractivity contribution in [2.45, 2.75) is 44.8 Å². The first kappa shape index (κ1) is 13.1. The van der Waals surface area contributed by atoms with Crippen LogP contribution in [0, 0.1) is 5.41 Å². The summed E-state index contributed by atoms with van der Waals surface area (Å²) >= 11 is 0. The van der Waals surface area contributed by atoms with E-state index in [2.05, 4.69) is 12.2 Å². The highest BCUT2D eigenvalue weighted by Gasteiger charge is 2.41. The molecule has 100 valence electrons. The fourth-order valence-corrected chi connectivity index (χ4v) is 2.73. The Kier molecular flexibility index (Phi) is 3.69. The maximum Gasteiger partial charge on any atom is 0.401 e. The summed E-state index contributed by atoms with van der Waals surface area (Å²) in [5.74, 6) is 0. The van der Waals surface area contributed by atoms with Crippen LogP contribution in [-0.2, 0) is 0 Å². The van der Waals surface area contributed by atoms with Gasteiger partial charge >= 0.3 is 6.18 Å². The number of nitrogens with zero attached hydrogens (tertiary/aromatic N) is 1. The van der Waals surface area contributed by atoms with Crippen LogP contribution in [0.15, 0.2) is 0 Å². The molecule has 1 heterocycles. The quantitative estimate of drug-likeness (QED) is 0.824. The van der Waals surface area contributed by atoms with Crippen LogP contribution in [0.2, 0.25) is 0 Å². The van der Waals surface area contributed by atoms with Crippen molar-refractivity contribution in [1.82, 2.24) is 10.2 Å². The number of hydrogen-bond donors (Lipinski definition) is 1. The van der Waals surface area contributed by atoms with Gasteiger partial charge in [-0.25, -0.2) is 0 Å². The van der Waals surface area contributed by atoms with Gasteiger partial charge in [0.1, 0.15) is 0 Å². The van der Waals surface area contributed by atoms with Crippen molar-refractivity contribution in [3.8, 4) is 0 Å². The highest BCUT2D eigenvalue weighted by Crippen LogP contribution is 2.35. The van der Waals surface area contributed by atoms with Crippen molar-refractivity contribution in [1.29, 1.82) is 0 Å². The molecule has 0 spiro atoms. The second kappa shape index (κ2) is 4.76. The first-order valence-electron chi connectivity index (χ1n) is 6.40. The maximum atomic E-state index is 12.5. The molecule has 1 atom stereocenters. The minimum Gasteiger partial charge on any atom is -0.316 e. The Bertz CT molecular complexity index is 255. The van der Waals surface area contributed by atoms with Gasteiger partial charge < -0.3 is 5.32 Å². The van der Waals surface area contributed by atoms with Crippen LogP contribution in [0.4, 0.5) is 13.2 Å². The van der Waals surface area contributed by atoms with Crippen molar-refractivity contribution >= 4 is 0 Å². The molecule has 0 radical (unpaired) electrons. The molecule has 1 saturated heterocycles. The number of alkyl halides is 3. The Morgan fingerprint density at radius 1 is 1.35 bits per heavy atom. The lowest BCUT2D eigenvalue weighted by molar-refractivity contribution is -0.150. The summed E-state index contributed by atoms with van der Waals surface area (Å²) in [6, 6.07) is 0.176. The first-order valence-corrected chi connectivity index (χ1v) is 6.40. The molecule has 2 fully saturated rings. The number of halogens is 3. The standard InChI is InChI=1S/C12H21F3N2/c1-11(5-2-6-16-7-11)8-17(10-3-4-10)9-12(13,14)15/h10,16H,2-9H2,1H3. The molecule has 1 N–H and O–H groups in total. The monoisotopic (exact) mass is 250 g/mol. The van der Waals surface area contributed by atoms with Gasteiger partial charge in [0.2, 0.25) is 0 Å².